The van der Waals surface area contributed by atoms with Crippen LogP contribution in [0.2, 0.25) is 0 Å². The number of amides is 2. The standard InChI is InChI=1S/C12H22N2O/c1-8(2)9-6-10-4-5-11(7-9)14(10)12(15)13-3/h8-11H,4-7H2,1-3H3,(H,13,15)/t9?,10-,11?/m0/s1. The molecule has 0 aromatic rings. The number of rotatable bonds is 1. The van der Waals surface area contributed by atoms with Crippen molar-refractivity contribution >= 4 is 6.03 Å². The van der Waals surface area contributed by atoms with Crippen molar-refractivity contribution in [2.75, 3.05) is 7.05 Å². The van der Waals surface area contributed by atoms with E-state index < -0.39 is 0 Å². The fourth-order valence-corrected chi connectivity index (χ4v) is 3.22. The molecule has 2 unspecified atom stereocenters. The van der Waals surface area contributed by atoms with Crippen molar-refractivity contribution in [2.24, 2.45) is 11.8 Å². The molecule has 0 radical (unpaired) electrons. The van der Waals surface area contributed by atoms with Gasteiger partial charge in [0.15, 0.2) is 0 Å². The number of fused-ring (bicyclic) bond motifs is 2. The fourth-order valence-electron chi connectivity index (χ4n) is 3.22. The van der Waals surface area contributed by atoms with Crippen LogP contribution in [-0.4, -0.2) is 30.1 Å². The fraction of sp³-hybridized carbons (Fsp3) is 0.917. The summed E-state index contributed by atoms with van der Waals surface area (Å²) in [7, 11) is 1.73. The number of hydrogen-bond acceptors (Lipinski definition) is 1. The van der Waals surface area contributed by atoms with Crippen LogP contribution < -0.4 is 5.32 Å². The van der Waals surface area contributed by atoms with E-state index in [0.717, 1.165) is 11.8 Å². The Morgan fingerprint density at radius 1 is 1.27 bits per heavy atom. The van der Waals surface area contributed by atoms with Crippen LogP contribution in [0.25, 0.3) is 0 Å². The van der Waals surface area contributed by atoms with Crippen molar-refractivity contribution in [1.29, 1.82) is 0 Å². The molecule has 2 aliphatic heterocycles. The van der Waals surface area contributed by atoms with Gasteiger partial charge < -0.3 is 10.2 Å². The average molecular weight is 210 g/mol. The van der Waals surface area contributed by atoms with E-state index in [9.17, 15) is 4.79 Å². The normalized spacial score (nSPS) is 34.7. The van der Waals surface area contributed by atoms with Crippen LogP contribution in [0.3, 0.4) is 0 Å². The highest BCUT2D eigenvalue weighted by Gasteiger charge is 2.43. The first-order valence-electron chi connectivity index (χ1n) is 6.13. The second kappa shape index (κ2) is 4.03. The van der Waals surface area contributed by atoms with Crippen LogP contribution in [0, 0.1) is 11.8 Å². The summed E-state index contributed by atoms with van der Waals surface area (Å²) in [6.07, 6.45) is 4.84. The predicted molar refractivity (Wildman–Crippen MR) is 60.7 cm³/mol. The van der Waals surface area contributed by atoms with Crippen LogP contribution in [0.15, 0.2) is 0 Å². The van der Waals surface area contributed by atoms with Gasteiger partial charge in [0.1, 0.15) is 0 Å². The van der Waals surface area contributed by atoms with Gasteiger partial charge in [-0.2, -0.15) is 0 Å². The van der Waals surface area contributed by atoms with Gasteiger partial charge in [0, 0.05) is 19.1 Å². The van der Waals surface area contributed by atoms with E-state index in [0.29, 0.717) is 12.1 Å². The van der Waals surface area contributed by atoms with Gasteiger partial charge in [0.05, 0.1) is 0 Å². The van der Waals surface area contributed by atoms with E-state index in [-0.39, 0.29) is 6.03 Å². The van der Waals surface area contributed by atoms with Gasteiger partial charge in [-0.05, 0) is 37.5 Å². The monoisotopic (exact) mass is 210 g/mol. The molecule has 86 valence electrons. The zero-order valence-corrected chi connectivity index (χ0v) is 9.99. The van der Waals surface area contributed by atoms with Crippen molar-refractivity contribution in [1.82, 2.24) is 10.2 Å². The highest BCUT2D eigenvalue weighted by atomic mass is 16.2. The van der Waals surface area contributed by atoms with Gasteiger partial charge in [0.2, 0.25) is 0 Å². The molecular weight excluding hydrogens is 188 g/mol. The van der Waals surface area contributed by atoms with Crippen LogP contribution in [0.1, 0.15) is 39.5 Å². The maximum atomic E-state index is 11.7. The molecule has 2 rings (SSSR count). The Kier molecular flexibility index (Phi) is 2.89. The number of carbonyl (C=O) groups is 1. The molecule has 0 aromatic heterocycles. The van der Waals surface area contributed by atoms with E-state index >= 15 is 0 Å². The van der Waals surface area contributed by atoms with Gasteiger partial charge in [-0.25, -0.2) is 4.79 Å². The van der Waals surface area contributed by atoms with Crippen molar-refractivity contribution < 1.29 is 4.79 Å². The minimum absolute atomic E-state index is 0.129. The first-order valence-corrected chi connectivity index (χ1v) is 6.13. The SMILES string of the molecule is CNC(=O)N1C2CC[C@H]1CC(C(C)C)C2. The number of urea groups is 1. The summed E-state index contributed by atoms with van der Waals surface area (Å²) in [6, 6.07) is 1.15. The molecule has 0 saturated carbocycles. The lowest BCUT2D eigenvalue weighted by Gasteiger charge is -2.40. The van der Waals surface area contributed by atoms with Crippen LogP contribution in [0.5, 0.6) is 0 Å². The van der Waals surface area contributed by atoms with Gasteiger partial charge in [-0.1, -0.05) is 13.8 Å². The summed E-state index contributed by atoms with van der Waals surface area (Å²) in [5.41, 5.74) is 0. The third kappa shape index (κ3) is 1.84. The van der Waals surface area contributed by atoms with Crippen molar-refractivity contribution in [3.05, 3.63) is 0 Å². The van der Waals surface area contributed by atoms with E-state index in [1.807, 2.05) is 0 Å². The average Bonchev–Trinajstić information content (AvgIpc) is 2.47. The summed E-state index contributed by atoms with van der Waals surface area (Å²) < 4.78 is 0. The second-order valence-electron chi connectivity index (χ2n) is 5.32. The summed E-state index contributed by atoms with van der Waals surface area (Å²) in [5.74, 6) is 1.59. The molecule has 3 nitrogen and oxygen atoms in total. The van der Waals surface area contributed by atoms with E-state index in [2.05, 4.69) is 24.1 Å². The summed E-state index contributed by atoms with van der Waals surface area (Å²) in [6.45, 7) is 4.61. The summed E-state index contributed by atoms with van der Waals surface area (Å²) in [4.78, 5) is 13.8. The largest absolute Gasteiger partial charge is 0.341 e. The number of piperidine rings is 1. The molecule has 1 N–H and O–H groups in total. The maximum Gasteiger partial charge on any atom is 0.317 e. The van der Waals surface area contributed by atoms with Gasteiger partial charge in [0.25, 0.3) is 0 Å². The molecule has 3 heteroatoms. The predicted octanol–water partition coefficient (Wildman–Crippen LogP) is 2.22. The third-order valence-corrected chi connectivity index (χ3v) is 4.16. The Hall–Kier alpha value is -0.730. The molecule has 2 fully saturated rings. The van der Waals surface area contributed by atoms with Crippen molar-refractivity contribution in [3.63, 3.8) is 0 Å². The number of nitrogens with one attached hydrogen (secondary N) is 1. The zero-order valence-electron chi connectivity index (χ0n) is 9.99. The van der Waals surface area contributed by atoms with Gasteiger partial charge in [-0.15, -0.1) is 0 Å². The molecule has 2 bridgehead atoms. The number of hydrogen-bond donors (Lipinski definition) is 1. The highest BCUT2D eigenvalue weighted by molar-refractivity contribution is 5.75. The minimum atomic E-state index is 0.129. The van der Waals surface area contributed by atoms with Gasteiger partial charge in [-0.3, -0.25) is 0 Å². The second-order valence-corrected chi connectivity index (χ2v) is 5.32. The smallest absolute Gasteiger partial charge is 0.317 e. The van der Waals surface area contributed by atoms with E-state index in [1.54, 1.807) is 7.05 Å². The summed E-state index contributed by atoms with van der Waals surface area (Å²) >= 11 is 0. The Balaban J connectivity index is 2.06. The lowest BCUT2D eigenvalue weighted by atomic mass is 9.83. The molecule has 15 heavy (non-hydrogen) atoms. The first-order chi connectivity index (χ1) is 7.13. The van der Waals surface area contributed by atoms with Crippen LogP contribution >= 0.6 is 0 Å². The maximum absolute atomic E-state index is 11.7. The Labute approximate surface area is 92.2 Å². The first kappa shape index (κ1) is 10.8. The molecule has 0 aromatic carbocycles. The Morgan fingerprint density at radius 3 is 2.20 bits per heavy atom. The number of carbonyl (C=O) groups excluding carboxylic acids is 1. The summed E-state index contributed by atoms with van der Waals surface area (Å²) in [5, 5.41) is 2.77. The van der Waals surface area contributed by atoms with Crippen LogP contribution in [-0.2, 0) is 0 Å². The molecule has 0 spiro atoms. The van der Waals surface area contributed by atoms with Gasteiger partial charge >= 0.3 is 6.03 Å². The lowest BCUT2D eigenvalue weighted by molar-refractivity contribution is 0.107. The molecule has 2 heterocycles. The van der Waals surface area contributed by atoms with E-state index in [4.69, 9.17) is 0 Å². The molecule has 3 atom stereocenters. The molecule has 0 aliphatic carbocycles. The number of nitrogens with zero attached hydrogens (tertiary/aromatic N) is 1. The molecular formula is C12H22N2O. The quantitative estimate of drug-likeness (QED) is 0.707. The highest BCUT2D eigenvalue weighted by Crippen LogP contribution is 2.41. The van der Waals surface area contributed by atoms with Crippen molar-refractivity contribution in [2.45, 2.75) is 51.6 Å². The topological polar surface area (TPSA) is 32.3 Å². The molecule has 2 amide bonds. The van der Waals surface area contributed by atoms with Crippen molar-refractivity contribution in [3.8, 4) is 0 Å². The Bertz CT molecular complexity index is 238. The zero-order chi connectivity index (χ0) is 11.0. The molecule has 2 saturated heterocycles. The van der Waals surface area contributed by atoms with E-state index in [1.165, 1.54) is 25.7 Å². The van der Waals surface area contributed by atoms with Crippen LogP contribution in [0.4, 0.5) is 4.79 Å². The molecule has 2 aliphatic rings. The third-order valence-electron chi connectivity index (χ3n) is 4.16. The Morgan fingerprint density at radius 2 is 1.80 bits per heavy atom. The lowest BCUT2D eigenvalue weighted by Crippen LogP contribution is -2.50. The minimum Gasteiger partial charge on any atom is -0.341 e.